The third-order valence-corrected chi connectivity index (χ3v) is 3.36. The average molecular weight is 198 g/mol. The van der Waals surface area contributed by atoms with Gasteiger partial charge in [0.1, 0.15) is 0 Å². The SMILES string of the molecule is CC1(CNCCN2CCOCC2)CC1. The zero-order valence-corrected chi connectivity index (χ0v) is 9.22. The summed E-state index contributed by atoms with van der Waals surface area (Å²) in [4.78, 5) is 2.48. The molecule has 14 heavy (non-hydrogen) atoms. The molecule has 1 N–H and O–H groups in total. The lowest BCUT2D eigenvalue weighted by atomic mass is 10.1. The van der Waals surface area contributed by atoms with Gasteiger partial charge in [0, 0.05) is 32.7 Å². The molecule has 1 saturated carbocycles. The Kier molecular flexibility index (Phi) is 3.42. The normalized spacial score (nSPS) is 26.4. The summed E-state index contributed by atoms with van der Waals surface area (Å²) < 4.78 is 5.31. The molecular weight excluding hydrogens is 176 g/mol. The van der Waals surface area contributed by atoms with Crippen molar-refractivity contribution in [2.24, 2.45) is 5.41 Å². The number of nitrogens with one attached hydrogen (secondary N) is 1. The van der Waals surface area contributed by atoms with Gasteiger partial charge >= 0.3 is 0 Å². The number of morpholine rings is 1. The maximum atomic E-state index is 5.31. The summed E-state index contributed by atoms with van der Waals surface area (Å²) in [6.45, 7) is 9.94. The van der Waals surface area contributed by atoms with E-state index >= 15 is 0 Å². The summed E-state index contributed by atoms with van der Waals surface area (Å²) in [5.74, 6) is 0. The fraction of sp³-hybridized carbons (Fsp3) is 1.00. The Morgan fingerprint density at radius 3 is 2.64 bits per heavy atom. The molecule has 82 valence electrons. The molecule has 0 spiro atoms. The van der Waals surface area contributed by atoms with Crippen molar-refractivity contribution in [1.82, 2.24) is 10.2 Å². The molecule has 3 nitrogen and oxygen atoms in total. The van der Waals surface area contributed by atoms with Gasteiger partial charge in [-0.15, -0.1) is 0 Å². The van der Waals surface area contributed by atoms with Crippen LogP contribution >= 0.6 is 0 Å². The van der Waals surface area contributed by atoms with Crippen LogP contribution in [0, 0.1) is 5.41 Å². The quantitative estimate of drug-likeness (QED) is 0.658. The first-order valence-electron chi connectivity index (χ1n) is 5.79. The highest BCUT2D eigenvalue weighted by molar-refractivity contribution is 4.90. The number of hydrogen-bond donors (Lipinski definition) is 1. The van der Waals surface area contributed by atoms with Gasteiger partial charge < -0.3 is 10.1 Å². The van der Waals surface area contributed by atoms with Gasteiger partial charge in [0.2, 0.25) is 0 Å². The van der Waals surface area contributed by atoms with Gasteiger partial charge in [-0.1, -0.05) is 6.92 Å². The summed E-state index contributed by atoms with van der Waals surface area (Å²) in [5, 5.41) is 3.55. The van der Waals surface area contributed by atoms with E-state index in [0.717, 1.165) is 32.8 Å². The van der Waals surface area contributed by atoms with Crippen LogP contribution in [0.4, 0.5) is 0 Å². The Bertz CT molecular complexity index is 174. The summed E-state index contributed by atoms with van der Waals surface area (Å²) in [5.41, 5.74) is 0.644. The molecule has 2 rings (SSSR count). The van der Waals surface area contributed by atoms with Gasteiger partial charge in [0.25, 0.3) is 0 Å². The molecule has 2 fully saturated rings. The monoisotopic (exact) mass is 198 g/mol. The van der Waals surface area contributed by atoms with E-state index < -0.39 is 0 Å². The Labute approximate surface area is 86.8 Å². The van der Waals surface area contributed by atoms with E-state index in [0.29, 0.717) is 5.41 Å². The molecule has 0 amide bonds. The van der Waals surface area contributed by atoms with Gasteiger partial charge in [0.05, 0.1) is 13.2 Å². The first kappa shape index (κ1) is 10.4. The minimum absolute atomic E-state index is 0.644. The highest BCUT2D eigenvalue weighted by atomic mass is 16.5. The summed E-state index contributed by atoms with van der Waals surface area (Å²) in [6, 6.07) is 0. The minimum Gasteiger partial charge on any atom is -0.379 e. The second-order valence-electron chi connectivity index (χ2n) is 4.94. The minimum atomic E-state index is 0.644. The van der Waals surface area contributed by atoms with Crippen molar-refractivity contribution >= 4 is 0 Å². The lowest BCUT2D eigenvalue weighted by molar-refractivity contribution is 0.0383. The Balaban J connectivity index is 1.49. The topological polar surface area (TPSA) is 24.5 Å². The molecule has 1 saturated heterocycles. The van der Waals surface area contributed by atoms with Gasteiger partial charge in [-0.05, 0) is 18.3 Å². The third kappa shape index (κ3) is 3.23. The molecule has 0 aromatic heterocycles. The molecule has 1 aliphatic heterocycles. The van der Waals surface area contributed by atoms with E-state index in [1.54, 1.807) is 0 Å². The second kappa shape index (κ2) is 4.60. The van der Waals surface area contributed by atoms with Crippen LogP contribution in [0.15, 0.2) is 0 Å². The summed E-state index contributed by atoms with van der Waals surface area (Å²) in [6.07, 6.45) is 2.83. The standard InChI is InChI=1S/C11H22N2O/c1-11(2-3-11)10-12-4-5-13-6-8-14-9-7-13/h12H,2-10H2,1H3. The zero-order chi connectivity index (χ0) is 9.86. The van der Waals surface area contributed by atoms with Crippen molar-refractivity contribution in [3.63, 3.8) is 0 Å². The van der Waals surface area contributed by atoms with Gasteiger partial charge in [-0.3, -0.25) is 4.90 Å². The number of hydrogen-bond acceptors (Lipinski definition) is 3. The van der Waals surface area contributed by atoms with Gasteiger partial charge in [-0.25, -0.2) is 0 Å². The van der Waals surface area contributed by atoms with E-state index in [-0.39, 0.29) is 0 Å². The fourth-order valence-corrected chi connectivity index (χ4v) is 1.84. The Morgan fingerprint density at radius 2 is 2.00 bits per heavy atom. The van der Waals surface area contributed by atoms with Crippen LogP contribution in [0.2, 0.25) is 0 Å². The van der Waals surface area contributed by atoms with Crippen LogP contribution in [0.1, 0.15) is 19.8 Å². The van der Waals surface area contributed by atoms with E-state index in [4.69, 9.17) is 4.74 Å². The molecule has 0 aromatic carbocycles. The smallest absolute Gasteiger partial charge is 0.0594 e. The molecule has 1 aliphatic carbocycles. The van der Waals surface area contributed by atoms with Crippen LogP contribution in [0.5, 0.6) is 0 Å². The van der Waals surface area contributed by atoms with Gasteiger partial charge in [-0.2, -0.15) is 0 Å². The van der Waals surface area contributed by atoms with Gasteiger partial charge in [0.15, 0.2) is 0 Å². The molecule has 0 aromatic rings. The van der Waals surface area contributed by atoms with Crippen LogP contribution in [-0.4, -0.2) is 50.8 Å². The first-order chi connectivity index (χ1) is 6.79. The van der Waals surface area contributed by atoms with E-state index in [1.165, 1.54) is 25.9 Å². The van der Waals surface area contributed by atoms with Crippen LogP contribution < -0.4 is 5.32 Å². The first-order valence-corrected chi connectivity index (χ1v) is 5.79. The second-order valence-corrected chi connectivity index (χ2v) is 4.94. The molecule has 1 heterocycles. The number of rotatable bonds is 5. The summed E-state index contributed by atoms with van der Waals surface area (Å²) in [7, 11) is 0. The van der Waals surface area contributed by atoms with Crippen molar-refractivity contribution in [3.05, 3.63) is 0 Å². The van der Waals surface area contributed by atoms with Crippen molar-refractivity contribution < 1.29 is 4.74 Å². The molecule has 3 heteroatoms. The fourth-order valence-electron chi connectivity index (χ4n) is 1.84. The van der Waals surface area contributed by atoms with Crippen LogP contribution in [-0.2, 0) is 4.74 Å². The Hall–Kier alpha value is -0.120. The average Bonchev–Trinajstić information content (AvgIpc) is 2.94. The van der Waals surface area contributed by atoms with Crippen LogP contribution in [0.25, 0.3) is 0 Å². The molecule has 0 atom stereocenters. The van der Waals surface area contributed by atoms with E-state index in [1.807, 2.05) is 0 Å². The lowest BCUT2D eigenvalue weighted by Gasteiger charge is -2.26. The highest BCUT2D eigenvalue weighted by Gasteiger charge is 2.36. The molecular formula is C11H22N2O. The largest absolute Gasteiger partial charge is 0.379 e. The Morgan fingerprint density at radius 1 is 1.29 bits per heavy atom. The summed E-state index contributed by atoms with van der Waals surface area (Å²) >= 11 is 0. The molecule has 2 aliphatic rings. The number of ether oxygens (including phenoxy) is 1. The predicted octanol–water partition coefficient (Wildman–Crippen LogP) is 0.708. The van der Waals surface area contributed by atoms with Crippen molar-refractivity contribution in [2.75, 3.05) is 45.9 Å². The maximum Gasteiger partial charge on any atom is 0.0594 e. The van der Waals surface area contributed by atoms with E-state index in [9.17, 15) is 0 Å². The third-order valence-electron chi connectivity index (χ3n) is 3.36. The van der Waals surface area contributed by atoms with Crippen molar-refractivity contribution in [1.29, 1.82) is 0 Å². The highest BCUT2D eigenvalue weighted by Crippen LogP contribution is 2.43. The van der Waals surface area contributed by atoms with E-state index in [2.05, 4.69) is 17.1 Å². The number of nitrogens with zero attached hydrogens (tertiary/aromatic N) is 1. The van der Waals surface area contributed by atoms with Crippen molar-refractivity contribution in [3.8, 4) is 0 Å². The maximum absolute atomic E-state index is 5.31. The molecule has 0 radical (unpaired) electrons. The zero-order valence-electron chi connectivity index (χ0n) is 9.22. The lowest BCUT2D eigenvalue weighted by Crippen LogP contribution is -2.40. The molecule has 0 bridgehead atoms. The van der Waals surface area contributed by atoms with Crippen LogP contribution in [0.3, 0.4) is 0 Å². The predicted molar refractivity (Wildman–Crippen MR) is 57.5 cm³/mol. The molecule has 0 unspecified atom stereocenters. The van der Waals surface area contributed by atoms with Crippen molar-refractivity contribution in [2.45, 2.75) is 19.8 Å².